The summed E-state index contributed by atoms with van der Waals surface area (Å²) in [5.74, 6) is 0. The van der Waals surface area contributed by atoms with Crippen molar-refractivity contribution in [3.8, 4) is 0 Å². The maximum absolute atomic E-state index is 11.4. The highest BCUT2D eigenvalue weighted by Gasteiger charge is 1.98. The predicted octanol–water partition coefficient (Wildman–Crippen LogP) is 3.56. The molecule has 0 fully saturated rings. The Morgan fingerprint density at radius 1 is 1.35 bits per heavy atom. The van der Waals surface area contributed by atoms with Crippen molar-refractivity contribution in [1.82, 2.24) is 10.6 Å². The highest BCUT2D eigenvalue weighted by atomic mass is 79.9. The fourth-order valence-electron chi connectivity index (χ4n) is 1.13. The molecule has 0 unspecified atom stereocenters. The summed E-state index contributed by atoms with van der Waals surface area (Å²) in [6, 6.07) is 7.67. The van der Waals surface area contributed by atoms with Gasteiger partial charge in [0.2, 0.25) is 0 Å². The van der Waals surface area contributed by atoms with Crippen LogP contribution in [0.15, 0.2) is 40.5 Å². The molecule has 1 rings (SSSR count). The molecule has 0 saturated carbocycles. The molecule has 0 aromatic heterocycles. The minimum absolute atomic E-state index is 0.180. The molecule has 4 heteroatoms. The number of amides is 2. The molecule has 0 radical (unpaired) electrons. The number of allylic oxidation sites excluding steroid dienone is 1. The average molecular weight is 297 g/mol. The topological polar surface area (TPSA) is 41.1 Å². The molecule has 2 amide bonds. The molecule has 1 aromatic rings. The Bertz CT molecular complexity index is 398. The minimum Gasteiger partial charge on any atom is -0.334 e. The number of rotatable bonds is 4. The number of hydrogen-bond acceptors (Lipinski definition) is 1. The van der Waals surface area contributed by atoms with Gasteiger partial charge in [-0.05, 0) is 31.0 Å². The van der Waals surface area contributed by atoms with E-state index >= 15 is 0 Å². The number of urea groups is 1. The summed E-state index contributed by atoms with van der Waals surface area (Å²) < 4.78 is 1.03. The van der Waals surface area contributed by atoms with Gasteiger partial charge in [-0.1, -0.05) is 40.6 Å². The van der Waals surface area contributed by atoms with Crippen molar-refractivity contribution in [2.45, 2.75) is 26.8 Å². The predicted molar refractivity (Wildman–Crippen MR) is 73.6 cm³/mol. The molecule has 17 heavy (non-hydrogen) atoms. The van der Waals surface area contributed by atoms with Gasteiger partial charge in [0.25, 0.3) is 0 Å². The molecule has 0 aliphatic heterocycles. The lowest BCUT2D eigenvalue weighted by atomic mass is 10.2. The van der Waals surface area contributed by atoms with Gasteiger partial charge in [0, 0.05) is 17.2 Å². The molecule has 2 N–H and O–H groups in total. The minimum atomic E-state index is -0.180. The van der Waals surface area contributed by atoms with Crippen LogP contribution in [-0.2, 0) is 6.54 Å². The summed E-state index contributed by atoms with van der Waals surface area (Å²) in [5, 5.41) is 5.48. The molecule has 0 bridgehead atoms. The SMILES string of the molecule is CC/C(C)=C/NC(=O)NCc1ccc(Br)cc1. The van der Waals surface area contributed by atoms with Crippen LogP contribution in [0.25, 0.3) is 0 Å². The van der Waals surface area contributed by atoms with E-state index in [9.17, 15) is 4.79 Å². The zero-order valence-corrected chi connectivity index (χ0v) is 11.7. The Morgan fingerprint density at radius 3 is 2.59 bits per heavy atom. The van der Waals surface area contributed by atoms with Gasteiger partial charge in [-0.3, -0.25) is 0 Å². The Morgan fingerprint density at radius 2 is 2.00 bits per heavy atom. The van der Waals surface area contributed by atoms with E-state index in [1.54, 1.807) is 6.20 Å². The van der Waals surface area contributed by atoms with E-state index in [1.807, 2.05) is 38.1 Å². The largest absolute Gasteiger partial charge is 0.334 e. The lowest BCUT2D eigenvalue weighted by Gasteiger charge is -2.05. The smallest absolute Gasteiger partial charge is 0.319 e. The van der Waals surface area contributed by atoms with Gasteiger partial charge in [-0.15, -0.1) is 0 Å². The van der Waals surface area contributed by atoms with Crippen molar-refractivity contribution in [3.63, 3.8) is 0 Å². The van der Waals surface area contributed by atoms with Crippen LogP contribution in [0.3, 0.4) is 0 Å². The van der Waals surface area contributed by atoms with E-state index in [4.69, 9.17) is 0 Å². The van der Waals surface area contributed by atoms with Crippen molar-refractivity contribution >= 4 is 22.0 Å². The Hall–Kier alpha value is -1.29. The Labute approximate surface area is 110 Å². The second-order valence-electron chi connectivity index (χ2n) is 3.80. The monoisotopic (exact) mass is 296 g/mol. The summed E-state index contributed by atoms with van der Waals surface area (Å²) in [6.07, 6.45) is 2.67. The second-order valence-corrected chi connectivity index (χ2v) is 4.71. The van der Waals surface area contributed by atoms with Gasteiger partial charge in [-0.25, -0.2) is 4.79 Å². The molecule has 92 valence electrons. The van der Waals surface area contributed by atoms with Gasteiger partial charge in [0.15, 0.2) is 0 Å². The number of benzene rings is 1. The average Bonchev–Trinajstić information content (AvgIpc) is 2.35. The highest BCUT2D eigenvalue weighted by molar-refractivity contribution is 9.10. The summed E-state index contributed by atoms with van der Waals surface area (Å²) >= 11 is 3.37. The molecule has 0 atom stereocenters. The first-order valence-corrected chi connectivity index (χ1v) is 6.35. The van der Waals surface area contributed by atoms with Gasteiger partial charge in [-0.2, -0.15) is 0 Å². The third-order valence-electron chi connectivity index (χ3n) is 2.37. The van der Waals surface area contributed by atoms with E-state index < -0.39 is 0 Å². The van der Waals surface area contributed by atoms with Crippen LogP contribution in [0, 0.1) is 0 Å². The van der Waals surface area contributed by atoms with E-state index in [1.165, 1.54) is 0 Å². The maximum Gasteiger partial charge on any atom is 0.319 e. The van der Waals surface area contributed by atoms with Gasteiger partial charge >= 0.3 is 6.03 Å². The van der Waals surface area contributed by atoms with E-state index in [0.717, 1.165) is 22.0 Å². The summed E-state index contributed by atoms with van der Waals surface area (Å²) in [6.45, 7) is 4.56. The molecule has 0 aliphatic carbocycles. The number of hydrogen-bond donors (Lipinski definition) is 2. The Balaban J connectivity index is 2.36. The number of carbonyl (C=O) groups excluding carboxylic acids is 1. The second kappa shape index (κ2) is 7.12. The molecule has 1 aromatic carbocycles. The first kappa shape index (κ1) is 13.8. The summed E-state index contributed by atoms with van der Waals surface area (Å²) in [5.41, 5.74) is 2.21. The fourth-order valence-corrected chi connectivity index (χ4v) is 1.39. The van der Waals surface area contributed by atoms with Crippen LogP contribution in [0.4, 0.5) is 4.79 Å². The first-order valence-electron chi connectivity index (χ1n) is 5.56. The molecule has 0 aliphatic rings. The highest BCUT2D eigenvalue weighted by Crippen LogP contribution is 2.10. The van der Waals surface area contributed by atoms with Crippen molar-refractivity contribution in [3.05, 3.63) is 46.1 Å². The number of carbonyl (C=O) groups is 1. The van der Waals surface area contributed by atoms with Crippen LogP contribution in [-0.4, -0.2) is 6.03 Å². The summed E-state index contributed by atoms with van der Waals surface area (Å²) in [4.78, 5) is 11.4. The zero-order chi connectivity index (χ0) is 12.7. The number of nitrogens with one attached hydrogen (secondary N) is 2. The van der Waals surface area contributed by atoms with Gasteiger partial charge < -0.3 is 10.6 Å². The third-order valence-corrected chi connectivity index (χ3v) is 2.90. The van der Waals surface area contributed by atoms with Crippen molar-refractivity contribution in [1.29, 1.82) is 0 Å². The molecular weight excluding hydrogens is 280 g/mol. The van der Waals surface area contributed by atoms with Crippen LogP contribution < -0.4 is 10.6 Å². The first-order chi connectivity index (χ1) is 8.11. The normalized spacial score (nSPS) is 11.1. The lowest BCUT2D eigenvalue weighted by molar-refractivity contribution is 0.243. The fraction of sp³-hybridized carbons (Fsp3) is 0.308. The van der Waals surface area contributed by atoms with E-state index in [2.05, 4.69) is 26.6 Å². The molecular formula is C13H17BrN2O. The van der Waals surface area contributed by atoms with E-state index in [-0.39, 0.29) is 6.03 Å². The molecule has 0 heterocycles. The lowest BCUT2D eigenvalue weighted by Crippen LogP contribution is -2.31. The number of halogens is 1. The van der Waals surface area contributed by atoms with Crippen molar-refractivity contribution in [2.24, 2.45) is 0 Å². The standard InChI is InChI=1S/C13H17BrN2O/c1-3-10(2)8-15-13(17)16-9-11-4-6-12(14)7-5-11/h4-8H,3,9H2,1-2H3,(H2,15,16,17)/b10-8+. The molecule has 3 nitrogen and oxygen atoms in total. The van der Waals surface area contributed by atoms with Gasteiger partial charge in [0.05, 0.1) is 0 Å². The molecule has 0 saturated heterocycles. The van der Waals surface area contributed by atoms with Gasteiger partial charge in [0.1, 0.15) is 0 Å². The van der Waals surface area contributed by atoms with Crippen LogP contribution in [0.1, 0.15) is 25.8 Å². The van der Waals surface area contributed by atoms with Crippen LogP contribution in [0.5, 0.6) is 0 Å². The zero-order valence-electron chi connectivity index (χ0n) is 10.1. The van der Waals surface area contributed by atoms with Crippen molar-refractivity contribution < 1.29 is 4.79 Å². The third kappa shape index (κ3) is 5.54. The van der Waals surface area contributed by atoms with Crippen molar-refractivity contribution in [2.75, 3.05) is 0 Å². The van der Waals surface area contributed by atoms with Crippen LogP contribution in [0.2, 0.25) is 0 Å². The maximum atomic E-state index is 11.4. The summed E-state index contributed by atoms with van der Waals surface area (Å²) in [7, 11) is 0. The molecule has 0 spiro atoms. The Kier molecular flexibility index (Phi) is 5.77. The van der Waals surface area contributed by atoms with E-state index in [0.29, 0.717) is 6.54 Å². The van der Waals surface area contributed by atoms with Crippen LogP contribution >= 0.6 is 15.9 Å². The quantitative estimate of drug-likeness (QED) is 0.876.